The minimum absolute atomic E-state index is 0.0432. The third-order valence-corrected chi connectivity index (χ3v) is 3.95. The van der Waals surface area contributed by atoms with Crippen molar-refractivity contribution in [3.05, 3.63) is 17.7 Å². The standard InChI is InChI=1S/C17H21NO7/c1-21-13-7-11(8-14-16(13)24-6-5-23-14)17(20)25-10-15(19)18-9-12-3-2-4-22-12/h7-8,12H,2-6,9-10H2,1H3,(H,18,19)/t12-/m0/s1. The van der Waals surface area contributed by atoms with Gasteiger partial charge in [0, 0.05) is 13.2 Å². The summed E-state index contributed by atoms with van der Waals surface area (Å²) in [5, 5.41) is 2.69. The second-order valence-corrected chi connectivity index (χ2v) is 5.72. The summed E-state index contributed by atoms with van der Waals surface area (Å²) in [5.41, 5.74) is 0.230. The Bertz CT molecular complexity index is 623. The third-order valence-electron chi connectivity index (χ3n) is 3.95. The number of methoxy groups -OCH3 is 1. The number of benzene rings is 1. The Hall–Kier alpha value is -2.48. The molecule has 1 N–H and O–H groups in total. The van der Waals surface area contributed by atoms with Crippen LogP contribution in [0.5, 0.6) is 17.2 Å². The second kappa shape index (κ2) is 8.06. The molecule has 136 valence electrons. The molecule has 8 nitrogen and oxygen atoms in total. The molecule has 1 aromatic carbocycles. The largest absolute Gasteiger partial charge is 0.493 e. The van der Waals surface area contributed by atoms with E-state index in [9.17, 15) is 9.59 Å². The number of carbonyl (C=O) groups excluding carboxylic acids is 2. The number of nitrogens with one attached hydrogen (secondary N) is 1. The fourth-order valence-corrected chi connectivity index (χ4v) is 2.69. The first kappa shape index (κ1) is 17.3. The van der Waals surface area contributed by atoms with Crippen LogP contribution in [0.15, 0.2) is 12.1 Å². The minimum Gasteiger partial charge on any atom is -0.493 e. The zero-order valence-electron chi connectivity index (χ0n) is 14.0. The van der Waals surface area contributed by atoms with E-state index in [0.717, 1.165) is 19.4 Å². The molecule has 0 radical (unpaired) electrons. The van der Waals surface area contributed by atoms with Gasteiger partial charge in [0.1, 0.15) is 13.2 Å². The van der Waals surface area contributed by atoms with Crippen molar-refractivity contribution < 1.29 is 33.3 Å². The zero-order valence-corrected chi connectivity index (χ0v) is 14.0. The van der Waals surface area contributed by atoms with Crippen LogP contribution in [-0.4, -0.2) is 58.1 Å². The van der Waals surface area contributed by atoms with Gasteiger partial charge in [0.15, 0.2) is 18.1 Å². The van der Waals surface area contributed by atoms with Gasteiger partial charge < -0.3 is 29.0 Å². The van der Waals surface area contributed by atoms with E-state index in [4.69, 9.17) is 23.7 Å². The molecule has 2 heterocycles. The molecule has 0 aromatic heterocycles. The van der Waals surface area contributed by atoms with Gasteiger partial charge in [0.2, 0.25) is 5.75 Å². The highest BCUT2D eigenvalue weighted by Gasteiger charge is 2.22. The van der Waals surface area contributed by atoms with Crippen molar-refractivity contribution >= 4 is 11.9 Å². The lowest BCUT2D eigenvalue weighted by Crippen LogP contribution is -2.34. The quantitative estimate of drug-likeness (QED) is 0.762. The van der Waals surface area contributed by atoms with Crippen LogP contribution in [0.1, 0.15) is 23.2 Å². The van der Waals surface area contributed by atoms with Crippen LogP contribution < -0.4 is 19.5 Å². The normalized spacial score (nSPS) is 18.5. The number of fused-ring (bicyclic) bond motifs is 1. The van der Waals surface area contributed by atoms with Crippen LogP contribution in [0.25, 0.3) is 0 Å². The Labute approximate surface area is 145 Å². The highest BCUT2D eigenvalue weighted by atomic mass is 16.6. The molecule has 8 heteroatoms. The molecule has 1 fully saturated rings. The van der Waals surface area contributed by atoms with Crippen molar-refractivity contribution in [2.75, 3.05) is 40.1 Å². The van der Waals surface area contributed by atoms with Crippen LogP contribution in [0, 0.1) is 0 Å². The van der Waals surface area contributed by atoms with E-state index in [2.05, 4.69) is 5.32 Å². The van der Waals surface area contributed by atoms with Crippen molar-refractivity contribution in [1.82, 2.24) is 5.32 Å². The predicted molar refractivity (Wildman–Crippen MR) is 86.3 cm³/mol. The van der Waals surface area contributed by atoms with Crippen molar-refractivity contribution in [2.45, 2.75) is 18.9 Å². The number of hydrogen-bond donors (Lipinski definition) is 1. The third kappa shape index (κ3) is 4.33. The molecule has 1 saturated heterocycles. The molecule has 0 saturated carbocycles. The highest BCUT2D eigenvalue weighted by molar-refractivity contribution is 5.92. The summed E-state index contributed by atoms with van der Waals surface area (Å²) in [4.78, 5) is 24.0. The van der Waals surface area contributed by atoms with Gasteiger partial charge in [-0.2, -0.15) is 0 Å². The Kier molecular flexibility index (Phi) is 5.60. The maximum absolute atomic E-state index is 12.2. The summed E-state index contributed by atoms with van der Waals surface area (Å²) in [6.45, 7) is 1.59. The summed E-state index contributed by atoms with van der Waals surface area (Å²) in [5.74, 6) is 0.253. The average molecular weight is 351 g/mol. The van der Waals surface area contributed by atoms with Gasteiger partial charge in [-0.1, -0.05) is 0 Å². The summed E-state index contributed by atoms with van der Waals surface area (Å²) >= 11 is 0. The van der Waals surface area contributed by atoms with E-state index >= 15 is 0 Å². The maximum atomic E-state index is 12.2. The van der Waals surface area contributed by atoms with Crippen LogP contribution in [0.2, 0.25) is 0 Å². The van der Waals surface area contributed by atoms with Crippen LogP contribution >= 0.6 is 0 Å². The zero-order chi connectivity index (χ0) is 17.6. The molecule has 0 unspecified atom stereocenters. The molecular weight excluding hydrogens is 330 g/mol. The molecule has 25 heavy (non-hydrogen) atoms. The summed E-state index contributed by atoms with van der Waals surface area (Å²) in [6, 6.07) is 3.02. The molecule has 1 amide bonds. The Morgan fingerprint density at radius 1 is 1.24 bits per heavy atom. The topological polar surface area (TPSA) is 92.3 Å². The van der Waals surface area contributed by atoms with Crippen molar-refractivity contribution in [3.63, 3.8) is 0 Å². The molecule has 2 aliphatic rings. The molecule has 2 aliphatic heterocycles. The number of carbonyl (C=O) groups is 2. The summed E-state index contributed by atoms with van der Waals surface area (Å²) in [7, 11) is 1.47. The van der Waals surface area contributed by atoms with E-state index in [1.54, 1.807) is 0 Å². The number of amides is 1. The van der Waals surface area contributed by atoms with Crippen LogP contribution in [0.4, 0.5) is 0 Å². The van der Waals surface area contributed by atoms with Gasteiger partial charge in [-0.3, -0.25) is 4.79 Å². The van der Waals surface area contributed by atoms with Gasteiger partial charge in [-0.05, 0) is 25.0 Å². The molecule has 1 atom stereocenters. The lowest BCUT2D eigenvalue weighted by atomic mass is 10.1. The Morgan fingerprint density at radius 2 is 2.08 bits per heavy atom. The van der Waals surface area contributed by atoms with Crippen molar-refractivity contribution in [3.8, 4) is 17.2 Å². The number of esters is 1. The molecule has 0 spiro atoms. The predicted octanol–water partition coefficient (Wildman–Crippen LogP) is 0.918. The van der Waals surface area contributed by atoms with E-state index in [-0.39, 0.29) is 24.2 Å². The van der Waals surface area contributed by atoms with Gasteiger partial charge in [0.05, 0.1) is 18.8 Å². The van der Waals surface area contributed by atoms with Gasteiger partial charge in [-0.25, -0.2) is 4.79 Å². The van der Waals surface area contributed by atoms with E-state index in [0.29, 0.717) is 37.0 Å². The van der Waals surface area contributed by atoms with Crippen LogP contribution in [-0.2, 0) is 14.3 Å². The van der Waals surface area contributed by atoms with Gasteiger partial charge in [0.25, 0.3) is 5.91 Å². The maximum Gasteiger partial charge on any atom is 0.338 e. The lowest BCUT2D eigenvalue weighted by molar-refractivity contribution is -0.124. The first-order chi connectivity index (χ1) is 12.2. The molecule has 1 aromatic rings. The summed E-state index contributed by atoms with van der Waals surface area (Å²) < 4.78 is 26.6. The second-order valence-electron chi connectivity index (χ2n) is 5.72. The van der Waals surface area contributed by atoms with E-state index < -0.39 is 5.97 Å². The molecule has 0 bridgehead atoms. The number of rotatable bonds is 6. The molecule has 0 aliphatic carbocycles. The number of ether oxygens (including phenoxy) is 5. The fourth-order valence-electron chi connectivity index (χ4n) is 2.69. The molecule has 3 rings (SSSR count). The monoisotopic (exact) mass is 351 g/mol. The van der Waals surface area contributed by atoms with E-state index in [1.807, 2.05) is 0 Å². The Morgan fingerprint density at radius 3 is 2.84 bits per heavy atom. The fraction of sp³-hybridized carbons (Fsp3) is 0.529. The SMILES string of the molecule is COc1cc(C(=O)OCC(=O)NC[C@@H]2CCCO2)cc2c1OCCO2. The minimum atomic E-state index is -0.637. The first-order valence-electron chi connectivity index (χ1n) is 8.20. The van der Waals surface area contributed by atoms with Crippen molar-refractivity contribution in [2.24, 2.45) is 0 Å². The van der Waals surface area contributed by atoms with E-state index in [1.165, 1.54) is 19.2 Å². The molecular formula is C17H21NO7. The Balaban J connectivity index is 1.54. The lowest BCUT2D eigenvalue weighted by Gasteiger charge is -2.21. The van der Waals surface area contributed by atoms with Gasteiger partial charge in [-0.15, -0.1) is 0 Å². The summed E-state index contributed by atoms with van der Waals surface area (Å²) in [6.07, 6.45) is 1.97. The van der Waals surface area contributed by atoms with Crippen LogP contribution in [0.3, 0.4) is 0 Å². The average Bonchev–Trinajstić information content (AvgIpc) is 3.17. The smallest absolute Gasteiger partial charge is 0.338 e. The highest BCUT2D eigenvalue weighted by Crippen LogP contribution is 2.40. The van der Waals surface area contributed by atoms with Crippen molar-refractivity contribution in [1.29, 1.82) is 0 Å². The first-order valence-corrected chi connectivity index (χ1v) is 8.20. The van der Waals surface area contributed by atoms with Gasteiger partial charge >= 0.3 is 5.97 Å². The number of hydrogen-bond acceptors (Lipinski definition) is 7.